The van der Waals surface area contributed by atoms with Gasteiger partial charge in [-0.2, -0.15) is 0 Å². The quantitative estimate of drug-likeness (QED) is 0.917. The molecule has 0 saturated carbocycles. The lowest BCUT2D eigenvalue weighted by Crippen LogP contribution is -2.04. The first-order valence-electron chi connectivity index (χ1n) is 5.93. The molecule has 3 nitrogen and oxygen atoms in total. The zero-order valence-corrected chi connectivity index (χ0v) is 12.9. The first kappa shape index (κ1) is 14.7. The molecule has 1 unspecified atom stereocenters. The van der Waals surface area contributed by atoms with Crippen LogP contribution in [0.3, 0.4) is 0 Å². The zero-order chi connectivity index (χ0) is 14.0. The van der Waals surface area contributed by atoms with Crippen molar-refractivity contribution in [1.82, 2.24) is 9.59 Å². The number of hydrogen-bond donors (Lipinski definition) is 1. The van der Waals surface area contributed by atoms with Crippen molar-refractivity contribution >= 4 is 34.7 Å². The predicted molar refractivity (Wildman–Crippen MR) is 79.1 cm³/mol. The van der Waals surface area contributed by atoms with Crippen molar-refractivity contribution in [3.05, 3.63) is 44.4 Å². The maximum Gasteiger partial charge on any atom is 0.0957 e. The molecule has 0 radical (unpaired) electrons. The summed E-state index contributed by atoms with van der Waals surface area (Å²) in [6.07, 6.45) is -0.212. The Morgan fingerprint density at radius 3 is 2.68 bits per heavy atom. The molecular formula is C13H14Cl2N2OS. The van der Waals surface area contributed by atoms with Crippen LogP contribution in [0.4, 0.5) is 0 Å². The van der Waals surface area contributed by atoms with E-state index in [1.165, 1.54) is 11.5 Å². The van der Waals surface area contributed by atoms with Gasteiger partial charge in [-0.05, 0) is 35.1 Å². The van der Waals surface area contributed by atoms with Gasteiger partial charge in [0.1, 0.15) is 0 Å². The SMILES string of the molecule is CC(C)c1nnsc1C(O)Cc1ccc(Cl)cc1Cl. The molecule has 1 atom stereocenters. The van der Waals surface area contributed by atoms with Gasteiger partial charge in [0.15, 0.2) is 0 Å². The highest BCUT2D eigenvalue weighted by Gasteiger charge is 2.20. The third-order valence-corrected chi connectivity index (χ3v) is 4.25. The van der Waals surface area contributed by atoms with E-state index in [1.54, 1.807) is 12.1 Å². The number of benzene rings is 1. The summed E-state index contributed by atoms with van der Waals surface area (Å²) >= 11 is 13.2. The van der Waals surface area contributed by atoms with E-state index in [1.807, 2.05) is 19.9 Å². The highest BCUT2D eigenvalue weighted by Crippen LogP contribution is 2.31. The Balaban J connectivity index is 2.21. The average molecular weight is 317 g/mol. The van der Waals surface area contributed by atoms with Crippen molar-refractivity contribution in [2.75, 3.05) is 0 Å². The van der Waals surface area contributed by atoms with Crippen LogP contribution in [0.1, 0.15) is 42.0 Å². The molecule has 2 aromatic rings. The van der Waals surface area contributed by atoms with Crippen molar-refractivity contribution in [2.24, 2.45) is 0 Å². The maximum atomic E-state index is 10.3. The van der Waals surface area contributed by atoms with E-state index in [0.717, 1.165) is 16.1 Å². The molecule has 0 aliphatic rings. The Hall–Kier alpha value is -0.680. The first-order valence-corrected chi connectivity index (χ1v) is 7.46. The van der Waals surface area contributed by atoms with Gasteiger partial charge in [-0.3, -0.25) is 0 Å². The summed E-state index contributed by atoms with van der Waals surface area (Å²) in [4.78, 5) is 0.806. The fourth-order valence-corrected chi connectivity index (χ4v) is 3.10. The van der Waals surface area contributed by atoms with E-state index in [9.17, 15) is 5.11 Å². The van der Waals surface area contributed by atoms with Crippen LogP contribution in [0.2, 0.25) is 10.0 Å². The fourth-order valence-electron chi connectivity index (χ4n) is 1.82. The molecule has 0 fully saturated rings. The van der Waals surface area contributed by atoms with Crippen molar-refractivity contribution < 1.29 is 5.11 Å². The molecule has 2 rings (SSSR count). The molecule has 0 spiro atoms. The molecular weight excluding hydrogens is 303 g/mol. The lowest BCUT2D eigenvalue weighted by molar-refractivity contribution is 0.180. The molecule has 19 heavy (non-hydrogen) atoms. The summed E-state index contributed by atoms with van der Waals surface area (Å²) in [5.74, 6) is 0.240. The van der Waals surface area contributed by atoms with Gasteiger partial charge in [0, 0.05) is 16.5 Å². The fraction of sp³-hybridized carbons (Fsp3) is 0.385. The molecule has 0 aliphatic heterocycles. The third-order valence-electron chi connectivity index (χ3n) is 2.82. The maximum absolute atomic E-state index is 10.3. The van der Waals surface area contributed by atoms with E-state index in [4.69, 9.17) is 23.2 Å². The largest absolute Gasteiger partial charge is 0.387 e. The lowest BCUT2D eigenvalue weighted by atomic mass is 10.0. The van der Waals surface area contributed by atoms with Gasteiger partial charge in [-0.25, -0.2) is 0 Å². The van der Waals surface area contributed by atoms with E-state index in [-0.39, 0.29) is 5.92 Å². The van der Waals surface area contributed by atoms with Crippen molar-refractivity contribution in [3.8, 4) is 0 Å². The van der Waals surface area contributed by atoms with Gasteiger partial charge in [-0.1, -0.05) is 47.6 Å². The van der Waals surface area contributed by atoms with E-state index >= 15 is 0 Å². The van der Waals surface area contributed by atoms with E-state index < -0.39 is 6.10 Å². The Bertz CT molecular complexity index is 572. The Labute approximate surface area is 126 Å². The first-order chi connectivity index (χ1) is 8.99. The molecule has 1 aromatic carbocycles. The number of rotatable bonds is 4. The molecule has 0 saturated heterocycles. The summed E-state index contributed by atoms with van der Waals surface area (Å²) in [7, 11) is 0. The summed E-state index contributed by atoms with van der Waals surface area (Å²) < 4.78 is 3.92. The number of hydrogen-bond acceptors (Lipinski definition) is 4. The smallest absolute Gasteiger partial charge is 0.0957 e. The van der Waals surface area contributed by atoms with Crippen LogP contribution in [-0.2, 0) is 6.42 Å². The Morgan fingerprint density at radius 2 is 2.05 bits per heavy atom. The minimum absolute atomic E-state index is 0.240. The predicted octanol–water partition coefficient (Wildman–Crippen LogP) is 4.24. The van der Waals surface area contributed by atoms with Gasteiger partial charge in [-0.15, -0.1) is 5.10 Å². The molecule has 0 aliphatic carbocycles. The molecule has 1 heterocycles. The minimum atomic E-state index is -0.643. The molecule has 6 heteroatoms. The van der Waals surface area contributed by atoms with E-state index in [2.05, 4.69) is 9.59 Å². The molecule has 1 N–H and O–H groups in total. The standard InChI is InChI=1S/C13H14Cl2N2OS/c1-7(2)12-13(19-17-16-12)11(18)5-8-3-4-9(14)6-10(8)15/h3-4,6-7,11,18H,5H2,1-2H3. The van der Waals surface area contributed by atoms with Gasteiger partial charge in [0.05, 0.1) is 16.7 Å². The molecule has 0 bridgehead atoms. The van der Waals surface area contributed by atoms with Crippen LogP contribution < -0.4 is 0 Å². The summed E-state index contributed by atoms with van der Waals surface area (Å²) in [5, 5.41) is 15.5. The number of aliphatic hydroxyl groups is 1. The summed E-state index contributed by atoms with van der Waals surface area (Å²) in [6, 6.07) is 5.28. The molecule has 1 aromatic heterocycles. The van der Waals surface area contributed by atoms with Gasteiger partial charge in [0.25, 0.3) is 0 Å². The number of aliphatic hydroxyl groups excluding tert-OH is 1. The number of halogens is 2. The lowest BCUT2D eigenvalue weighted by Gasteiger charge is -2.12. The monoisotopic (exact) mass is 316 g/mol. The Morgan fingerprint density at radius 1 is 1.32 bits per heavy atom. The number of nitrogens with zero attached hydrogens (tertiary/aromatic N) is 2. The number of aromatic nitrogens is 2. The second kappa shape index (κ2) is 6.18. The van der Waals surface area contributed by atoms with Crippen molar-refractivity contribution in [1.29, 1.82) is 0 Å². The van der Waals surface area contributed by atoms with Crippen LogP contribution in [-0.4, -0.2) is 14.7 Å². The second-order valence-electron chi connectivity index (χ2n) is 4.63. The van der Waals surface area contributed by atoms with Crippen LogP contribution in [0.5, 0.6) is 0 Å². The Kier molecular flexibility index (Phi) is 4.79. The van der Waals surface area contributed by atoms with Crippen LogP contribution in [0, 0.1) is 0 Å². The van der Waals surface area contributed by atoms with Gasteiger partial charge >= 0.3 is 0 Å². The summed E-state index contributed by atoms with van der Waals surface area (Å²) in [5.41, 5.74) is 1.71. The van der Waals surface area contributed by atoms with Crippen molar-refractivity contribution in [2.45, 2.75) is 32.3 Å². The molecule has 0 amide bonds. The van der Waals surface area contributed by atoms with Crippen LogP contribution in [0.25, 0.3) is 0 Å². The zero-order valence-electron chi connectivity index (χ0n) is 10.6. The van der Waals surface area contributed by atoms with Crippen molar-refractivity contribution in [3.63, 3.8) is 0 Å². The minimum Gasteiger partial charge on any atom is -0.387 e. The molecule has 102 valence electrons. The van der Waals surface area contributed by atoms with Gasteiger partial charge < -0.3 is 5.11 Å². The normalized spacial score (nSPS) is 12.9. The highest BCUT2D eigenvalue weighted by molar-refractivity contribution is 7.05. The third kappa shape index (κ3) is 3.45. The van der Waals surface area contributed by atoms with Crippen LogP contribution >= 0.6 is 34.7 Å². The van der Waals surface area contributed by atoms with Gasteiger partial charge in [0.2, 0.25) is 0 Å². The second-order valence-corrected chi connectivity index (χ2v) is 6.26. The highest BCUT2D eigenvalue weighted by atomic mass is 35.5. The summed E-state index contributed by atoms with van der Waals surface area (Å²) in [6.45, 7) is 4.06. The van der Waals surface area contributed by atoms with E-state index in [0.29, 0.717) is 16.5 Å². The average Bonchev–Trinajstić information content (AvgIpc) is 2.82. The topological polar surface area (TPSA) is 46.0 Å². The van der Waals surface area contributed by atoms with Crippen LogP contribution in [0.15, 0.2) is 18.2 Å².